The quantitative estimate of drug-likeness (QED) is 0.639. The Kier molecular flexibility index (Phi) is 4.23. The minimum atomic E-state index is -0.633. The smallest absolute Gasteiger partial charge is 0.267 e. The Morgan fingerprint density at radius 2 is 2.12 bits per heavy atom. The van der Waals surface area contributed by atoms with E-state index >= 15 is 0 Å². The van der Waals surface area contributed by atoms with Crippen molar-refractivity contribution in [3.05, 3.63) is 41.9 Å². The van der Waals surface area contributed by atoms with E-state index in [1.54, 1.807) is 31.1 Å². The molecule has 0 aliphatic rings. The third kappa shape index (κ3) is 3.61. The molecule has 0 aliphatic carbocycles. The largest absolute Gasteiger partial charge is 0.382 e. The first kappa shape index (κ1) is 12.7. The van der Waals surface area contributed by atoms with Crippen molar-refractivity contribution in [2.45, 2.75) is 0 Å². The molecule has 0 heterocycles. The normalized spacial score (nSPS) is 10.6. The number of carbonyl (C=O) groups excluding carboxylic acids is 1. The molecule has 1 rings (SSSR count). The van der Waals surface area contributed by atoms with E-state index in [9.17, 15) is 9.18 Å². The molecule has 0 radical (unpaired) electrons. The first-order valence-corrected chi connectivity index (χ1v) is 4.89. The Hall–Kier alpha value is -2.35. The highest BCUT2D eigenvalue weighted by Crippen LogP contribution is 2.13. The fourth-order valence-electron chi connectivity index (χ4n) is 1.15. The number of para-hydroxylation sites is 1. The van der Waals surface area contributed by atoms with Gasteiger partial charge in [0.05, 0.1) is 5.69 Å². The second kappa shape index (κ2) is 5.66. The van der Waals surface area contributed by atoms with Crippen molar-refractivity contribution >= 4 is 11.6 Å². The second-order valence-electron chi connectivity index (χ2n) is 3.55. The molecule has 0 saturated heterocycles. The topological polar surface area (TPSA) is 56.1 Å². The highest BCUT2D eigenvalue weighted by Gasteiger charge is 2.11. The van der Waals surface area contributed by atoms with Crippen molar-refractivity contribution in [1.29, 1.82) is 5.26 Å². The van der Waals surface area contributed by atoms with E-state index in [2.05, 4.69) is 5.32 Å². The number of anilines is 1. The molecule has 0 atom stereocenters. The number of halogens is 1. The van der Waals surface area contributed by atoms with E-state index < -0.39 is 11.7 Å². The predicted molar refractivity (Wildman–Crippen MR) is 62.4 cm³/mol. The number of hydrogen-bond donors (Lipinski definition) is 1. The van der Waals surface area contributed by atoms with Crippen LogP contribution in [0.5, 0.6) is 0 Å². The fraction of sp³-hybridized carbons (Fsp3) is 0.167. The lowest BCUT2D eigenvalue weighted by Crippen LogP contribution is -2.17. The van der Waals surface area contributed by atoms with Crippen LogP contribution in [0.3, 0.4) is 0 Å². The van der Waals surface area contributed by atoms with Crippen LogP contribution in [-0.2, 0) is 4.79 Å². The third-order valence-electron chi connectivity index (χ3n) is 1.87. The minimum Gasteiger partial charge on any atom is -0.382 e. The Bertz CT molecular complexity index is 489. The molecule has 88 valence electrons. The van der Waals surface area contributed by atoms with Crippen LogP contribution in [0.4, 0.5) is 10.1 Å². The maximum absolute atomic E-state index is 13.3. The average molecular weight is 233 g/mol. The van der Waals surface area contributed by atoms with Crippen LogP contribution >= 0.6 is 0 Å². The molecular weight excluding hydrogens is 221 g/mol. The summed E-state index contributed by atoms with van der Waals surface area (Å²) in [5, 5.41) is 11.1. The van der Waals surface area contributed by atoms with E-state index in [0.717, 1.165) is 0 Å². The van der Waals surface area contributed by atoms with Crippen molar-refractivity contribution in [1.82, 2.24) is 4.90 Å². The van der Waals surface area contributed by atoms with Crippen LogP contribution in [-0.4, -0.2) is 24.9 Å². The van der Waals surface area contributed by atoms with Gasteiger partial charge in [0.2, 0.25) is 0 Å². The minimum absolute atomic E-state index is 0.0532. The van der Waals surface area contributed by atoms with E-state index in [4.69, 9.17) is 5.26 Å². The molecule has 0 fully saturated rings. The summed E-state index contributed by atoms with van der Waals surface area (Å²) < 4.78 is 13.3. The van der Waals surface area contributed by atoms with E-state index in [1.165, 1.54) is 24.4 Å². The van der Waals surface area contributed by atoms with Crippen LogP contribution in [0, 0.1) is 17.1 Å². The third-order valence-corrected chi connectivity index (χ3v) is 1.87. The Labute approximate surface area is 99.0 Å². The number of hydrogen-bond acceptors (Lipinski definition) is 3. The van der Waals surface area contributed by atoms with Crippen LogP contribution in [0.25, 0.3) is 0 Å². The summed E-state index contributed by atoms with van der Waals surface area (Å²) in [7, 11) is 3.38. The number of rotatable bonds is 3. The fourth-order valence-corrected chi connectivity index (χ4v) is 1.15. The number of benzene rings is 1. The number of amides is 1. The highest BCUT2D eigenvalue weighted by atomic mass is 19.1. The number of nitrogens with one attached hydrogen (secondary N) is 1. The van der Waals surface area contributed by atoms with Crippen LogP contribution in [0.2, 0.25) is 0 Å². The number of nitriles is 1. The zero-order valence-corrected chi connectivity index (χ0v) is 9.57. The lowest BCUT2D eigenvalue weighted by Gasteiger charge is -2.08. The zero-order chi connectivity index (χ0) is 12.8. The van der Waals surface area contributed by atoms with E-state index in [1.807, 2.05) is 0 Å². The van der Waals surface area contributed by atoms with Gasteiger partial charge in [0.1, 0.15) is 17.5 Å². The Morgan fingerprint density at radius 1 is 1.47 bits per heavy atom. The van der Waals surface area contributed by atoms with Crippen LogP contribution in [0.1, 0.15) is 0 Å². The van der Waals surface area contributed by atoms with Crippen LogP contribution in [0.15, 0.2) is 36.0 Å². The summed E-state index contributed by atoms with van der Waals surface area (Å²) in [5.41, 5.74) is -0.0318. The van der Waals surface area contributed by atoms with Gasteiger partial charge in [-0.1, -0.05) is 12.1 Å². The van der Waals surface area contributed by atoms with Gasteiger partial charge in [-0.05, 0) is 12.1 Å². The summed E-state index contributed by atoms with van der Waals surface area (Å²) in [5.74, 6) is -1.17. The van der Waals surface area contributed by atoms with Gasteiger partial charge in [-0.2, -0.15) is 5.26 Å². The highest BCUT2D eigenvalue weighted by molar-refractivity contribution is 6.06. The molecule has 1 amide bonds. The van der Waals surface area contributed by atoms with Gasteiger partial charge < -0.3 is 10.2 Å². The monoisotopic (exact) mass is 233 g/mol. The summed E-state index contributed by atoms with van der Waals surface area (Å²) in [6, 6.07) is 7.54. The maximum atomic E-state index is 13.3. The molecule has 17 heavy (non-hydrogen) atoms. The standard InChI is InChI=1S/C12H12FN3O/c1-16(2)8-9(7-14)12(17)15-11-6-4-3-5-10(11)13/h3-6,8H,1-2H3,(H,15,17). The molecule has 0 spiro atoms. The van der Waals surface area contributed by atoms with Crippen molar-refractivity contribution in [2.24, 2.45) is 0 Å². The molecular formula is C12H12FN3O. The number of nitrogens with zero attached hydrogens (tertiary/aromatic N) is 2. The van der Waals surface area contributed by atoms with Crippen LogP contribution < -0.4 is 5.32 Å². The SMILES string of the molecule is CN(C)C=C(C#N)C(=O)Nc1ccccc1F. The first-order chi connectivity index (χ1) is 8.04. The van der Waals surface area contributed by atoms with Gasteiger partial charge in [-0.25, -0.2) is 4.39 Å². The molecule has 5 heteroatoms. The maximum Gasteiger partial charge on any atom is 0.267 e. The van der Waals surface area contributed by atoms with Gasteiger partial charge in [-0.3, -0.25) is 4.79 Å². The molecule has 0 saturated carbocycles. The lowest BCUT2D eigenvalue weighted by atomic mass is 10.2. The average Bonchev–Trinajstić information content (AvgIpc) is 2.28. The lowest BCUT2D eigenvalue weighted by molar-refractivity contribution is -0.112. The van der Waals surface area contributed by atoms with Gasteiger partial charge in [0.15, 0.2) is 0 Å². The molecule has 1 aromatic rings. The van der Waals surface area contributed by atoms with Gasteiger partial charge in [0, 0.05) is 20.3 Å². The van der Waals surface area contributed by atoms with Crippen molar-refractivity contribution < 1.29 is 9.18 Å². The van der Waals surface area contributed by atoms with E-state index in [-0.39, 0.29) is 11.3 Å². The predicted octanol–water partition coefficient (Wildman–Crippen LogP) is 1.73. The second-order valence-corrected chi connectivity index (χ2v) is 3.55. The van der Waals surface area contributed by atoms with Gasteiger partial charge in [0.25, 0.3) is 5.91 Å². The van der Waals surface area contributed by atoms with Crippen molar-refractivity contribution in [3.8, 4) is 6.07 Å². The number of carbonyl (C=O) groups is 1. The Balaban J connectivity index is 2.87. The summed E-state index contributed by atoms with van der Waals surface area (Å²) in [6.45, 7) is 0. The van der Waals surface area contributed by atoms with Gasteiger partial charge >= 0.3 is 0 Å². The molecule has 0 aromatic heterocycles. The molecule has 4 nitrogen and oxygen atoms in total. The molecule has 1 aromatic carbocycles. The van der Waals surface area contributed by atoms with Crippen molar-refractivity contribution in [3.63, 3.8) is 0 Å². The van der Waals surface area contributed by atoms with Crippen molar-refractivity contribution in [2.75, 3.05) is 19.4 Å². The summed E-state index contributed by atoms with van der Waals surface area (Å²) in [6.07, 6.45) is 1.37. The molecule has 0 aliphatic heterocycles. The Morgan fingerprint density at radius 3 is 2.65 bits per heavy atom. The zero-order valence-electron chi connectivity index (χ0n) is 9.57. The summed E-state index contributed by atoms with van der Waals surface area (Å²) in [4.78, 5) is 13.2. The molecule has 1 N–H and O–H groups in total. The van der Waals surface area contributed by atoms with Gasteiger partial charge in [-0.15, -0.1) is 0 Å². The molecule has 0 bridgehead atoms. The van der Waals surface area contributed by atoms with E-state index in [0.29, 0.717) is 0 Å². The molecule has 0 unspecified atom stereocenters. The summed E-state index contributed by atoms with van der Waals surface area (Å²) >= 11 is 0. The first-order valence-electron chi connectivity index (χ1n) is 4.89.